The van der Waals surface area contributed by atoms with Crippen LogP contribution in [0.25, 0.3) is 0 Å². The smallest absolute Gasteiger partial charge is 0.0659 e. The lowest BCUT2D eigenvalue weighted by molar-refractivity contribution is 0.413. The van der Waals surface area contributed by atoms with Gasteiger partial charge in [-0.15, -0.1) is 11.8 Å². The first-order chi connectivity index (χ1) is 7.86. The highest BCUT2D eigenvalue weighted by molar-refractivity contribution is 8.00. The molecule has 16 heavy (non-hydrogen) atoms. The maximum atomic E-state index is 9.11. The van der Waals surface area contributed by atoms with E-state index in [-0.39, 0.29) is 0 Å². The van der Waals surface area contributed by atoms with Gasteiger partial charge in [-0.25, -0.2) is 0 Å². The zero-order chi connectivity index (χ0) is 11.0. The molecule has 0 saturated heterocycles. The minimum Gasteiger partial charge on any atom is -0.198 e. The third kappa shape index (κ3) is 1.74. The topological polar surface area (TPSA) is 23.8 Å². The summed E-state index contributed by atoms with van der Waals surface area (Å²) in [5.41, 5.74) is 0. The Kier molecular flexibility index (Phi) is 2.65. The van der Waals surface area contributed by atoms with E-state index in [2.05, 4.69) is 36.4 Å². The molecular weight excluding hydrogens is 214 g/mol. The van der Waals surface area contributed by atoms with Crippen molar-refractivity contribution in [1.29, 1.82) is 5.26 Å². The Hall–Kier alpha value is -0.940. The lowest BCUT2D eigenvalue weighted by Gasteiger charge is -2.24. The first kappa shape index (κ1) is 10.2. The quantitative estimate of drug-likeness (QED) is 0.771. The van der Waals surface area contributed by atoms with E-state index < -0.39 is 0 Å². The molecule has 2 fully saturated rings. The molecule has 0 unspecified atom stereocenters. The van der Waals surface area contributed by atoms with Crippen molar-refractivity contribution in [3.8, 4) is 6.07 Å². The van der Waals surface area contributed by atoms with Gasteiger partial charge in [-0.2, -0.15) is 5.26 Å². The lowest BCUT2D eigenvalue weighted by atomic mass is 9.90. The van der Waals surface area contributed by atoms with Gasteiger partial charge in [0.2, 0.25) is 0 Å². The standard InChI is InChI=1S/C14H15NS/c15-9-11-6-10-7-13(11)14(8-10)16-12-4-2-1-3-5-12/h1-5,10-11,13-14H,6-8H2/t10-,11-,13-,14+/m1/s1. The Morgan fingerprint density at radius 3 is 2.62 bits per heavy atom. The van der Waals surface area contributed by atoms with Crippen molar-refractivity contribution in [1.82, 2.24) is 0 Å². The number of nitriles is 1. The third-order valence-corrected chi connectivity index (χ3v) is 5.34. The summed E-state index contributed by atoms with van der Waals surface area (Å²) in [5, 5.41) is 9.80. The molecule has 0 spiro atoms. The number of fused-ring (bicyclic) bond motifs is 2. The minimum absolute atomic E-state index is 0.333. The monoisotopic (exact) mass is 229 g/mol. The molecule has 0 amide bonds. The van der Waals surface area contributed by atoms with E-state index in [1.165, 1.54) is 17.7 Å². The first-order valence-corrected chi connectivity index (χ1v) is 6.86. The van der Waals surface area contributed by atoms with Crippen LogP contribution in [-0.2, 0) is 0 Å². The van der Waals surface area contributed by atoms with Crippen LogP contribution >= 0.6 is 11.8 Å². The van der Waals surface area contributed by atoms with Gasteiger partial charge in [0, 0.05) is 10.1 Å². The maximum Gasteiger partial charge on any atom is 0.0659 e. The van der Waals surface area contributed by atoms with E-state index in [9.17, 15) is 0 Å². The Morgan fingerprint density at radius 2 is 1.94 bits per heavy atom. The van der Waals surface area contributed by atoms with Gasteiger partial charge >= 0.3 is 0 Å². The van der Waals surface area contributed by atoms with Crippen molar-refractivity contribution < 1.29 is 0 Å². The van der Waals surface area contributed by atoms with Gasteiger partial charge in [0.05, 0.1) is 12.0 Å². The molecule has 2 aliphatic carbocycles. The average Bonchev–Trinajstić information content (AvgIpc) is 2.89. The normalized spacial score (nSPS) is 36.2. The second-order valence-electron chi connectivity index (χ2n) is 4.94. The molecular formula is C14H15NS. The van der Waals surface area contributed by atoms with Gasteiger partial charge in [-0.1, -0.05) is 18.2 Å². The van der Waals surface area contributed by atoms with Crippen molar-refractivity contribution in [2.45, 2.75) is 29.4 Å². The molecule has 4 atom stereocenters. The Labute approximate surface area is 101 Å². The zero-order valence-electron chi connectivity index (χ0n) is 9.17. The molecule has 2 heteroatoms. The average molecular weight is 229 g/mol. The van der Waals surface area contributed by atoms with Crippen LogP contribution in [0.4, 0.5) is 0 Å². The summed E-state index contributed by atoms with van der Waals surface area (Å²) >= 11 is 1.98. The Balaban J connectivity index is 1.72. The third-order valence-electron chi connectivity index (χ3n) is 3.95. The molecule has 3 rings (SSSR count). The predicted octanol–water partition coefficient (Wildman–Crippen LogP) is 3.72. The number of nitrogens with zero attached hydrogens (tertiary/aromatic N) is 1. The molecule has 0 aromatic heterocycles. The number of thioether (sulfide) groups is 1. The largest absolute Gasteiger partial charge is 0.198 e. The summed E-state index contributed by atoms with van der Waals surface area (Å²) in [4.78, 5) is 1.36. The van der Waals surface area contributed by atoms with Crippen LogP contribution in [0.5, 0.6) is 0 Å². The van der Waals surface area contributed by atoms with Gasteiger partial charge in [0.1, 0.15) is 0 Å². The van der Waals surface area contributed by atoms with Gasteiger partial charge in [0.25, 0.3) is 0 Å². The molecule has 82 valence electrons. The fraction of sp³-hybridized carbons (Fsp3) is 0.500. The van der Waals surface area contributed by atoms with E-state index in [1.54, 1.807) is 0 Å². The summed E-state index contributed by atoms with van der Waals surface area (Å²) < 4.78 is 0. The Bertz CT molecular complexity index is 408. The predicted molar refractivity (Wildman–Crippen MR) is 66.0 cm³/mol. The molecule has 0 aliphatic heterocycles. The van der Waals surface area contributed by atoms with Crippen LogP contribution < -0.4 is 0 Å². The van der Waals surface area contributed by atoms with Crippen LogP contribution in [0.3, 0.4) is 0 Å². The van der Waals surface area contributed by atoms with Crippen molar-refractivity contribution in [3.05, 3.63) is 30.3 Å². The number of rotatable bonds is 2. The van der Waals surface area contributed by atoms with Crippen molar-refractivity contribution in [2.75, 3.05) is 0 Å². The van der Waals surface area contributed by atoms with Crippen molar-refractivity contribution >= 4 is 11.8 Å². The van der Waals surface area contributed by atoms with Gasteiger partial charge in [-0.3, -0.25) is 0 Å². The number of hydrogen-bond acceptors (Lipinski definition) is 2. The second-order valence-corrected chi connectivity index (χ2v) is 6.25. The van der Waals surface area contributed by atoms with E-state index >= 15 is 0 Å². The lowest BCUT2D eigenvalue weighted by Crippen LogP contribution is -2.20. The first-order valence-electron chi connectivity index (χ1n) is 5.98. The molecule has 0 heterocycles. The van der Waals surface area contributed by atoms with Crippen LogP contribution in [0, 0.1) is 29.1 Å². The number of benzene rings is 1. The van der Waals surface area contributed by atoms with Crippen molar-refractivity contribution in [3.63, 3.8) is 0 Å². The Morgan fingerprint density at radius 1 is 1.12 bits per heavy atom. The highest BCUT2D eigenvalue weighted by atomic mass is 32.2. The molecule has 1 aromatic rings. The van der Waals surface area contributed by atoms with Crippen LogP contribution in [0.15, 0.2) is 35.2 Å². The number of hydrogen-bond donors (Lipinski definition) is 0. The summed E-state index contributed by atoms with van der Waals surface area (Å²) in [5.74, 6) is 1.82. The van der Waals surface area contributed by atoms with Crippen molar-refractivity contribution in [2.24, 2.45) is 17.8 Å². The zero-order valence-corrected chi connectivity index (χ0v) is 9.99. The van der Waals surface area contributed by atoms with Gasteiger partial charge in [0.15, 0.2) is 0 Å². The van der Waals surface area contributed by atoms with E-state index in [0.717, 1.165) is 12.3 Å². The molecule has 2 bridgehead atoms. The van der Waals surface area contributed by atoms with Gasteiger partial charge < -0.3 is 0 Å². The highest BCUT2D eigenvalue weighted by Gasteiger charge is 2.46. The van der Waals surface area contributed by atoms with Crippen LogP contribution in [0.1, 0.15) is 19.3 Å². The van der Waals surface area contributed by atoms with E-state index in [1.807, 2.05) is 11.8 Å². The minimum atomic E-state index is 0.333. The summed E-state index contributed by atoms with van der Waals surface area (Å²) in [6.45, 7) is 0. The summed E-state index contributed by atoms with van der Waals surface area (Å²) in [7, 11) is 0. The fourth-order valence-corrected chi connectivity index (χ4v) is 4.75. The summed E-state index contributed by atoms with van der Waals surface area (Å²) in [6.07, 6.45) is 3.78. The molecule has 1 aromatic carbocycles. The maximum absolute atomic E-state index is 9.11. The SMILES string of the molecule is N#C[C@H]1C[C@@H]2C[C@H]1[C@@H](Sc1ccccc1)C2. The summed E-state index contributed by atoms with van der Waals surface area (Å²) in [6, 6.07) is 13.1. The molecule has 2 aliphatic rings. The highest BCUT2D eigenvalue weighted by Crippen LogP contribution is 2.53. The van der Waals surface area contributed by atoms with E-state index in [4.69, 9.17) is 5.26 Å². The van der Waals surface area contributed by atoms with Crippen LogP contribution in [-0.4, -0.2) is 5.25 Å². The molecule has 2 saturated carbocycles. The molecule has 0 radical (unpaired) electrons. The molecule has 1 nitrogen and oxygen atoms in total. The van der Waals surface area contributed by atoms with E-state index in [0.29, 0.717) is 17.1 Å². The second kappa shape index (κ2) is 4.14. The molecule has 0 N–H and O–H groups in total. The van der Waals surface area contributed by atoms with Crippen LogP contribution in [0.2, 0.25) is 0 Å². The van der Waals surface area contributed by atoms with Gasteiger partial charge in [-0.05, 0) is 43.2 Å². The fourth-order valence-electron chi connectivity index (χ4n) is 3.24.